The van der Waals surface area contributed by atoms with Crippen LogP contribution in [0.4, 0.5) is 0 Å². The van der Waals surface area contributed by atoms with Crippen LogP contribution in [-0.2, 0) is 6.16 Å². The Hall–Kier alpha value is -2.30. The Morgan fingerprint density at radius 3 is 1.07 bits per heavy atom. The molecule has 0 aliphatic heterocycles. The van der Waals surface area contributed by atoms with E-state index in [9.17, 15) is 0 Å². The van der Waals surface area contributed by atoms with Crippen molar-refractivity contribution in [2.45, 2.75) is 6.16 Å². The van der Waals surface area contributed by atoms with Gasteiger partial charge in [-0.25, -0.2) is 0 Å². The van der Waals surface area contributed by atoms with Crippen LogP contribution in [0.1, 0.15) is 5.56 Å². The molecular formula is C25H26OP2. The van der Waals surface area contributed by atoms with Crippen LogP contribution in [0, 0.1) is 0 Å². The van der Waals surface area contributed by atoms with Crippen LogP contribution in [0.3, 0.4) is 0 Å². The molecule has 3 heteroatoms. The molecule has 28 heavy (non-hydrogen) atoms. The molecule has 0 heterocycles. The molecule has 1 unspecified atom stereocenters. The third-order valence-electron chi connectivity index (χ3n) is 5.39. The molecule has 0 aliphatic rings. The predicted molar refractivity (Wildman–Crippen MR) is 129 cm³/mol. The van der Waals surface area contributed by atoms with Crippen LogP contribution >= 0.6 is 15.2 Å². The van der Waals surface area contributed by atoms with Crippen LogP contribution in [0.5, 0.6) is 0 Å². The van der Waals surface area contributed by atoms with Crippen LogP contribution in [0.15, 0.2) is 121 Å². The summed E-state index contributed by atoms with van der Waals surface area (Å²) in [7, 11) is 3.40. The van der Waals surface area contributed by atoms with E-state index < -0.39 is 6.29 Å². The van der Waals surface area contributed by atoms with Gasteiger partial charge in [-0.1, -0.05) is 0 Å². The zero-order chi connectivity index (χ0) is 18.6. The van der Waals surface area contributed by atoms with Crippen molar-refractivity contribution >= 4 is 31.1 Å². The van der Waals surface area contributed by atoms with Crippen molar-refractivity contribution in [2.75, 3.05) is 0 Å². The fraction of sp³-hybridized carbons (Fsp3) is 0.0400. The van der Waals surface area contributed by atoms with Gasteiger partial charge in [0.25, 0.3) is 0 Å². The minimum absolute atomic E-state index is 0. The molecule has 0 aromatic heterocycles. The van der Waals surface area contributed by atoms with Crippen LogP contribution < -0.4 is 15.9 Å². The summed E-state index contributed by atoms with van der Waals surface area (Å²) in [5, 5.41) is 4.19. The van der Waals surface area contributed by atoms with Gasteiger partial charge in [-0.3, -0.25) is 0 Å². The molecule has 0 saturated carbocycles. The summed E-state index contributed by atoms with van der Waals surface area (Å²) in [6.07, 6.45) is -1.78. The van der Waals surface area contributed by atoms with Crippen molar-refractivity contribution in [3.63, 3.8) is 0 Å². The van der Waals surface area contributed by atoms with E-state index >= 15 is 0 Å². The number of hydrogen-bond donors (Lipinski definition) is 0. The number of hydrogen-bond acceptors (Lipinski definition) is 0. The summed E-state index contributed by atoms with van der Waals surface area (Å²) in [6, 6.07) is 44.0. The molecule has 142 valence electrons. The van der Waals surface area contributed by atoms with Gasteiger partial charge in [-0.05, 0) is 0 Å². The summed E-state index contributed by atoms with van der Waals surface area (Å²) in [5.74, 6) is 0. The SMILES string of the molecule is O.PP(Cc1ccccc1)(c1ccccc1)(c1ccccc1)c1ccccc1. The first-order valence-electron chi connectivity index (χ1n) is 9.24. The average molecular weight is 404 g/mol. The maximum atomic E-state index is 3.40. The van der Waals surface area contributed by atoms with Crippen molar-refractivity contribution in [3.05, 3.63) is 127 Å². The van der Waals surface area contributed by atoms with Crippen LogP contribution in [-0.4, -0.2) is 5.48 Å². The first-order valence-corrected chi connectivity index (χ1v) is 13.3. The molecule has 0 spiro atoms. The fourth-order valence-electron chi connectivity index (χ4n) is 3.99. The van der Waals surface area contributed by atoms with Gasteiger partial charge in [0.15, 0.2) is 0 Å². The normalized spacial score (nSPS) is 12.4. The van der Waals surface area contributed by atoms with Gasteiger partial charge in [0.1, 0.15) is 0 Å². The number of rotatable bonds is 5. The second-order valence-electron chi connectivity index (χ2n) is 7.03. The Morgan fingerprint density at radius 1 is 0.464 bits per heavy atom. The summed E-state index contributed by atoms with van der Waals surface area (Å²) < 4.78 is 0. The quantitative estimate of drug-likeness (QED) is 0.433. The Bertz CT molecular complexity index is 904. The molecular weight excluding hydrogens is 378 g/mol. The van der Waals surface area contributed by atoms with Crippen molar-refractivity contribution < 1.29 is 5.48 Å². The van der Waals surface area contributed by atoms with Crippen molar-refractivity contribution in [2.24, 2.45) is 0 Å². The molecule has 1 nitrogen and oxygen atoms in total. The summed E-state index contributed by atoms with van der Waals surface area (Å²) in [6.45, 7) is 0. The second-order valence-corrected chi connectivity index (χ2v) is 15.1. The van der Waals surface area contributed by atoms with E-state index in [-0.39, 0.29) is 5.48 Å². The molecule has 0 bridgehead atoms. The maximum absolute atomic E-state index is 3.40. The molecule has 4 aromatic rings. The van der Waals surface area contributed by atoms with Gasteiger partial charge in [0.2, 0.25) is 0 Å². The Labute approximate surface area is 169 Å². The van der Waals surface area contributed by atoms with Crippen molar-refractivity contribution in [3.8, 4) is 0 Å². The van der Waals surface area contributed by atoms with Crippen LogP contribution in [0.2, 0.25) is 0 Å². The average Bonchev–Trinajstić information content (AvgIpc) is 2.76. The van der Waals surface area contributed by atoms with E-state index in [0.717, 1.165) is 6.16 Å². The molecule has 0 saturated heterocycles. The second kappa shape index (κ2) is 8.38. The topological polar surface area (TPSA) is 31.5 Å². The van der Waals surface area contributed by atoms with Gasteiger partial charge >= 0.3 is 164 Å². The van der Waals surface area contributed by atoms with Crippen LogP contribution in [0.25, 0.3) is 0 Å². The molecule has 0 amide bonds. The first-order chi connectivity index (χ1) is 13.2. The molecule has 0 fully saturated rings. The van der Waals surface area contributed by atoms with E-state index in [4.69, 9.17) is 0 Å². The van der Waals surface area contributed by atoms with E-state index in [1.165, 1.54) is 21.5 Å². The van der Waals surface area contributed by atoms with Gasteiger partial charge in [-0.15, -0.1) is 0 Å². The Kier molecular flexibility index (Phi) is 6.11. The van der Waals surface area contributed by atoms with Gasteiger partial charge in [-0.2, -0.15) is 0 Å². The Balaban J connectivity index is 0.00000225. The third kappa shape index (κ3) is 3.43. The van der Waals surface area contributed by atoms with Crippen molar-refractivity contribution in [1.29, 1.82) is 0 Å². The van der Waals surface area contributed by atoms with E-state index in [1.54, 1.807) is 0 Å². The van der Waals surface area contributed by atoms with Gasteiger partial charge < -0.3 is 5.48 Å². The molecule has 2 N–H and O–H groups in total. The van der Waals surface area contributed by atoms with Gasteiger partial charge in [0.05, 0.1) is 0 Å². The van der Waals surface area contributed by atoms with Gasteiger partial charge in [0, 0.05) is 0 Å². The summed E-state index contributed by atoms with van der Waals surface area (Å²) >= 11 is 0. The van der Waals surface area contributed by atoms with E-state index in [2.05, 4.69) is 130 Å². The van der Waals surface area contributed by atoms with Crippen molar-refractivity contribution in [1.82, 2.24) is 0 Å². The molecule has 4 aromatic carbocycles. The molecule has 0 radical (unpaired) electrons. The third-order valence-corrected chi connectivity index (χ3v) is 14.1. The standard InChI is InChI=1S/C25H24P2.H2O/c26-27(23-15-7-2-8-16-23,24-17-9-3-10-18-24,25-19-11-4-12-20-25)21-22-13-5-1-6-14-22;/h1-20H,21,26H2;1H2. The molecule has 0 aliphatic carbocycles. The summed E-state index contributed by atoms with van der Waals surface area (Å²) in [4.78, 5) is 0. The number of benzene rings is 4. The van der Waals surface area contributed by atoms with E-state index in [0.29, 0.717) is 0 Å². The summed E-state index contributed by atoms with van der Waals surface area (Å²) in [5.41, 5.74) is 1.36. The fourth-order valence-corrected chi connectivity index (χ4v) is 11.1. The van der Waals surface area contributed by atoms with E-state index in [1.807, 2.05) is 0 Å². The zero-order valence-electron chi connectivity index (χ0n) is 15.8. The molecule has 1 atom stereocenters. The first kappa shape index (κ1) is 20.4. The monoisotopic (exact) mass is 404 g/mol. The Morgan fingerprint density at radius 2 is 0.750 bits per heavy atom. The minimum atomic E-state index is -2.76. The predicted octanol–water partition coefficient (Wildman–Crippen LogP) is 4.68. The molecule has 4 rings (SSSR count). The zero-order valence-corrected chi connectivity index (χ0v) is 17.8.